The lowest BCUT2D eigenvalue weighted by Crippen LogP contribution is -2.30. The summed E-state index contributed by atoms with van der Waals surface area (Å²) >= 11 is 13.2. The maximum absolute atomic E-state index is 13.3. The number of benzene rings is 8. The number of hydrogen-bond donors (Lipinski definition) is 6. The number of aromatic carboxylic acids is 2. The number of hydrazone groups is 1. The number of aliphatic hydroxyl groups excluding tert-OH is 2. The van der Waals surface area contributed by atoms with Crippen LogP contribution >= 0.6 is 45.8 Å². The van der Waals surface area contributed by atoms with Crippen LogP contribution in [0.4, 0.5) is 24.5 Å². The first-order valence-corrected chi connectivity index (χ1v) is 37.8. The lowest BCUT2D eigenvalue weighted by molar-refractivity contribution is -0.141. The molecule has 1 fully saturated rings. The minimum Gasteiger partial charge on any atom is -0.478 e. The quantitative estimate of drug-likeness (QED) is 0.00640. The molecule has 1 aliphatic rings. The number of carboxylic acid groups (broad SMARTS) is 2. The van der Waals surface area contributed by atoms with Crippen molar-refractivity contribution < 1.29 is 105 Å². The Hall–Kier alpha value is -13.1. The molecule has 119 heavy (non-hydrogen) atoms. The summed E-state index contributed by atoms with van der Waals surface area (Å²) in [4.78, 5) is 115. The zero-order chi connectivity index (χ0) is 87.5. The van der Waals surface area contributed by atoms with Gasteiger partial charge in [-0.1, -0.05) is 119 Å². The highest BCUT2D eigenvalue weighted by Crippen LogP contribution is 2.35. The van der Waals surface area contributed by atoms with E-state index in [1.54, 1.807) is 121 Å². The van der Waals surface area contributed by atoms with Gasteiger partial charge in [0, 0.05) is 114 Å². The standard InChI is InChI=1S/C33H30ClF3N4O4.C13H11ClO3.C13H12O4.C12H12O3.C11H10O3.C8H7IO2/c1-22(42)45-17-6-3-8-23-9-7-10-25(18-23)31(43)39-30-14-12-26(41-15-4-2-5-16-41)20-27(30)32(44)40-38-21-24-11-13-29(34)28(19-24)33(35,36)37;1-10(15)17-8-3-2-5-11-6-4-7-12(9-11)13(14)16;1-10(14)17-8-3-2-5-11-6-4-7-12(9-11)13(15)16;1-15-12(14)11-7-4-6-10(9-11)5-2-3-8-13;12-7-2-1-4-9-5-3-6-10(8-9)11(13)14;1-11-8(10)6-3-2-4-7(9)5-6/h7,9-14,18-21H,2,4-6,15-17H2,1H3,(H,39,43)(H,40,44);4,6-7,9H,3,8H2,1H3;4,6-7,9H,3,8H2,1H3,(H,15,16);4,6-7,9,13H,3,8H2,1H3;3,5-6,8,12H,2,7H2,(H,13,14);2-5H,1H3/b38-21+;;;;;. The van der Waals surface area contributed by atoms with Crippen LogP contribution in [-0.4, -0.2) is 146 Å². The van der Waals surface area contributed by atoms with Crippen molar-refractivity contribution in [3.8, 4) is 59.2 Å². The van der Waals surface area contributed by atoms with Gasteiger partial charge in [-0.15, -0.1) is 0 Å². The fourth-order valence-corrected chi connectivity index (χ4v) is 10.5. The minimum absolute atomic E-state index is 0.0195. The summed E-state index contributed by atoms with van der Waals surface area (Å²) < 4.78 is 64.2. The van der Waals surface area contributed by atoms with Gasteiger partial charge < -0.3 is 54.3 Å². The average molecular weight is 1780 g/mol. The number of carbonyl (C=O) groups excluding carboxylic acids is 8. The number of rotatable bonds is 19. The van der Waals surface area contributed by atoms with E-state index in [-0.39, 0.29) is 90.8 Å². The van der Waals surface area contributed by atoms with Crippen molar-refractivity contribution in [2.24, 2.45) is 5.10 Å². The molecule has 8 aromatic rings. The van der Waals surface area contributed by atoms with E-state index in [1.165, 1.54) is 65.3 Å². The zero-order valence-electron chi connectivity index (χ0n) is 65.1. The van der Waals surface area contributed by atoms with Crippen LogP contribution in [0.5, 0.6) is 0 Å². The second kappa shape index (κ2) is 54.7. The third kappa shape index (κ3) is 39.9. The molecule has 0 aliphatic carbocycles. The smallest absolute Gasteiger partial charge is 0.417 e. The third-order valence-corrected chi connectivity index (χ3v) is 16.3. The molecule has 2 amide bonds. The highest BCUT2D eigenvalue weighted by atomic mass is 127. The van der Waals surface area contributed by atoms with E-state index in [9.17, 15) is 61.1 Å². The fraction of sp³-hybridized carbons (Fsp3) is 0.233. The molecular formula is C90H82Cl2F3IN4O19. The van der Waals surface area contributed by atoms with E-state index in [1.807, 2.05) is 18.2 Å². The number of ether oxygens (including phenoxy) is 5. The first-order valence-electron chi connectivity index (χ1n) is 36.0. The molecule has 1 saturated heterocycles. The van der Waals surface area contributed by atoms with Crippen molar-refractivity contribution >= 4 is 122 Å². The van der Waals surface area contributed by atoms with E-state index < -0.39 is 45.8 Å². The highest BCUT2D eigenvalue weighted by Gasteiger charge is 2.33. The molecule has 0 saturated carbocycles. The van der Waals surface area contributed by atoms with Crippen LogP contribution in [0.1, 0.15) is 184 Å². The van der Waals surface area contributed by atoms with Gasteiger partial charge in [0.15, 0.2) is 0 Å². The number of hydrogen-bond acceptors (Lipinski definition) is 19. The summed E-state index contributed by atoms with van der Waals surface area (Å²) in [6, 6.07) is 48.6. The molecule has 0 radical (unpaired) electrons. The number of halogens is 6. The van der Waals surface area contributed by atoms with Crippen LogP contribution in [0, 0.1) is 62.8 Å². The van der Waals surface area contributed by atoms with Gasteiger partial charge in [0.1, 0.15) is 19.8 Å². The van der Waals surface area contributed by atoms with Crippen LogP contribution in [0.15, 0.2) is 187 Å². The molecule has 0 spiro atoms. The molecule has 1 heterocycles. The fourth-order valence-electron chi connectivity index (χ4n) is 9.60. The summed E-state index contributed by atoms with van der Waals surface area (Å²) in [7, 11) is 2.72. The number of aliphatic hydroxyl groups is 2. The second-order valence-corrected chi connectivity index (χ2v) is 26.2. The van der Waals surface area contributed by atoms with Gasteiger partial charge in [-0.2, -0.15) is 18.3 Å². The number of nitrogens with one attached hydrogen (secondary N) is 2. The largest absolute Gasteiger partial charge is 0.478 e. The minimum atomic E-state index is -4.65. The predicted molar refractivity (Wildman–Crippen MR) is 452 cm³/mol. The summed E-state index contributed by atoms with van der Waals surface area (Å²) in [5.41, 5.74) is 8.08. The Bertz CT molecular complexity index is 5130. The molecule has 0 atom stereocenters. The molecule has 618 valence electrons. The first kappa shape index (κ1) is 98.3. The number of nitrogens with zero attached hydrogens (tertiary/aromatic N) is 2. The summed E-state index contributed by atoms with van der Waals surface area (Å²) in [6.45, 7) is 6.39. The number of piperidine rings is 1. The Kier molecular flexibility index (Phi) is 45.2. The van der Waals surface area contributed by atoms with E-state index in [4.69, 9.17) is 57.8 Å². The van der Waals surface area contributed by atoms with Crippen molar-refractivity contribution in [2.75, 3.05) is 70.6 Å². The molecule has 1 aliphatic heterocycles. The van der Waals surface area contributed by atoms with Gasteiger partial charge in [0.2, 0.25) is 0 Å². The first-order chi connectivity index (χ1) is 56.9. The predicted octanol–water partition coefficient (Wildman–Crippen LogP) is 15.1. The van der Waals surface area contributed by atoms with Crippen molar-refractivity contribution in [1.29, 1.82) is 0 Å². The highest BCUT2D eigenvalue weighted by molar-refractivity contribution is 14.1. The van der Waals surface area contributed by atoms with Crippen LogP contribution in [0.25, 0.3) is 0 Å². The Morgan fingerprint density at radius 3 is 1.30 bits per heavy atom. The average Bonchev–Trinajstić information content (AvgIpc) is 0.818. The van der Waals surface area contributed by atoms with Gasteiger partial charge in [-0.05, 0) is 192 Å². The number of anilines is 2. The van der Waals surface area contributed by atoms with E-state index in [0.29, 0.717) is 76.6 Å². The topological polar surface area (TPSA) is 337 Å². The van der Waals surface area contributed by atoms with Gasteiger partial charge in [-0.25, -0.2) is 24.6 Å². The van der Waals surface area contributed by atoms with E-state index in [2.05, 4.69) is 112 Å². The molecule has 29 heteroatoms. The number of carboxylic acids is 2. The number of carbonyl (C=O) groups is 10. The molecule has 6 N–H and O–H groups in total. The van der Waals surface area contributed by atoms with E-state index in [0.717, 1.165) is 65.5 Å². The molecule has 9 rings (SSSR count). The van der Waals surface area contributed by atoms with Crippen molar-refractivity contribution in [2.45, 2.75) is 78.3 Å². The monoisotopic (exact) mass is 1780 g/mol. The molecule has 0 bridgehead atoms. The maximum Gasteiger partial charge on any atom is 0.417 e. The van der Waals surface area contributed by atoms with Crippen LogP contribution in [0.3, 0.4) is 0 Å². The van der Waals surface area contributed by atoms with Gasteiger partial charge in [0.25, 0.3) is 17.1 Å². The SMILES string of the molecule is CC(=O)OCCC#Cc1cccc(C(=O)Cl)c1.CC(=O)OCCC#Cc1cccc(C(=O)Nc2ccc(N3CCCCC3)cc2C(=O)N/N=C/c2ccc(Cl)c(C(F)(F)F)c2)c1.CC(=O)OCCC#Cc1cccc(C(=O)O)c1.COC(=O)c1cccc(C#CCCO)c1.COC(=O)c1cccc(I)c1.O=C(O)c1cccc(C#CCCO)c1. The number of amides is 2. The van der Waals surface area contributed by atoms with Crippen LogP contribution in [0.2, 0.25) is 5.02 Å². The van der Waals surface area contributed by atoms with Crippen molar-refractivity contribution in [1.82, 2.24) is 5.43 Å². The molecular weight excluding hydrogens is 1700 g/mol. The number of methoxy groups -OCH3 is 2. The van der Waals surface area contributed by atoms with Gasteiger partial charge in [-0.3, -0.25) is 28.8 Å². The molecule has 8 aromatic carbocycles. The van der Waals surface area contributed by atoms with E-state index >= 15 is 0 Å². The molecule has 23 nitrogen and oxygen atoms in total. The van der Waals surface area contributed by atoms with Crippen LogP contribution in [-0.2, 0) is 44.2 Å². The van der Waals surface area contributed by atoms with Crippen LogP contribution < -0.4 is 15.6 Å². The summed E-state index contributed by atoms with van der Waals surface area (Å²) in [5, 5.41) is 40.2. The zero-order valence-corrected chi connectivity index (χ0v) is 68.7. The van der Waals surface area contributed by atoms with Gasteiger partial charge >= 0.3 is 48.0 Å². The number of esters is 5. The second-order valence-electron chi connectivity index (χ2n) is 24.2. The lowest BCUT2D eigenvalue weighted by atomic mass is 10.1. The Labute approximate surface area is 710 Å². The normalized spacial score (nSPS) is 10.6. The van der Waals surface area contributed by atoms with Crippen molar-refractivity contribution in [3.05, 3.63) is 268 Å². The molecule has 0 unspecified atom stereocenters. The third-order valence-electron chi connectivity index (χ3n) is 15.1. The summed E-state index contributed by atoms with van der Waals surface area (Å²) in [6.07, 6.45) is 1.61. The Morgan fingerprint density at radius 2 is 0.891 bits per heavy atom. The Morgan fingerprint density at radius 1 is 0.496 bits per heavy atom. The van der Waals surface area contributed by atoms with Gasteiger partial charge in [0.05, 0.1) is 77.7 Å². The maximum atomic E-state index is 13.3. The lowest BCUT2D eigenvalue weighted by Gasteiger charge is -2.29. The molecule has 0 aromatic heterocycles. The van der Waals surface area contributed by atoms with Crippen molar-refractivity contribution in [3.63, 3.8) is 0 Å². The summed E-state index contributed by atoms with van der Waals surface area (Å²) in [5.74, 6) is 23.5. The Balaban J connectivity index is 0.000000332. The number of alkyl halides is 3.